The van der Waals surface area contributed by atoms with Crippen molar-refractivity contribution in [1.82, 2.24) is 4.90 Å². The maximum absolute atomic E-state index is 12.8. The van der Waals surface area contributed by atoms with Gasteiger partial charge in [0.05, 0.1) is 27.5 Å². The van der Waals surface area contributed by atoms with Crippen molar-refractivity contribution in [3.63, 3.8) is 0 Å². The van der Waals surface area contributed by atoms with Gasteiger partial charge in [-0.05, 0) is 73.1 Å². The van der Waals surface area contributed by atoms with Crippen molar-refractivity contribution < 1.29 is 28.5 Å². The van der Waals surface area contributed by atoms with Gasteiger partial charge in [0.1, 0.15) is 23.8 Å². The van der Waals surface area contributed by atoms with Crippen molar-refractivity contribution in [3.8, 4) is 17.1 Å². The number of thioether (sulfide) groups is 1. The molecule has 0 aliphatic carbocycles. The van der Waals surface area contributed by atoms with Gasteiger partial charge in [0.25, 0.3) is 16.8 Å². The molecule has 2 aromatic carbocycles. The minimum Gasteiger partial charge on any atom is -0.495 e. The van der Waals surface area contributed by atoms with Gasteiger partial charge in [0, 0.05) is 17.8 Å². The van der Waals surface area contributed by atoms with Gasteiger partial charge in [-0.25, -0.2) is 0 Å². The first-order chi connectivity index (χ1) is 17.6. The third-order valence-electron chi connectivity index (χ3n) is 5.59. The first-order valence-corrected chi connectivity index (χ1v) is 12.0. The number of nitro benzene ring substituents is 1. The number of hydrogen-bond donors (Lipinski definition) is 1. The molecule has 1 fully saturated rings. The van der Waals surface area contributed by atoms with Gasteiger partial charge < -0.3 is 14.5 Å². The lowest BCUT2D eigenvalue weighted by Crippen LogP contribution is -2.36. The number of benzene rings is 2. The molecule has 0 unspecified atom stereocenters. The highest BCUT2D eigenvalue weighted by Gasteiger charge is 2.36. The van der Waals surface area contributed by atoms with Crippen LogP contribution in [0, 0.1) is 24.0 Å². The lowest BCUT2D eigenvalue weighted by molar-refractivity contribution is -0.384. The molecule has 190 valence electrons. The normalized spacial score (nSPS) is 14.4. The number of nitrogens with zero attached hydrogens (tertiary/aromatic N) is 2. The van der Waals surface area contributed by atoms with E-state index in [0.29, 0.717) is 33.8 Å². The highest BCUT2D eigenvalue weighted by atomic mass is 35.5. The monoisotopic (exact) mass is 541 g/mol. The van der Waals surface area contributed by atoms with Crippen LogP contribution in [-0.2, 0) is 9.59 Å². The molecule has 10 nitrogen and oxygen atoms in total. The Kier molecular flexibility index (Phi) is 7.37. The van der Waals surface area contributed by atoms with E-state index in [1.54, 1.807) is 37.3 Å². The Morgan fingerprint density at radius 2 is 1.92 bits per heavy atom. The first-order valence-electron chi connectivity index (χ1n) is 10.8. The number of amides is 3. The van der Waals surface area contributed by atoms with E-state index in [-0.39, 0.29) is 22.1 Å². The molecule has 0 saturated carbocycles. The number of hydrogen-bond acceptors (Lipinski definition) is 8. The maximum Gasteiger partial charge on any atom is 0.294 e. The zero-order valence-electron chi connectivity index (χ0n) is 19.9. The Balaban J connectivity index is 1.49. The molecule has 1 aliphatic heterocycles. The molecule has 1 N–H and O–H groups in total. The fourth-order valence-corrected chi connectivity index (χ4v) is 4.65. The second-order valence-corrected chi connectivity index (χ2v) is 9.48. The number of furan rings is 1. The second-order valence-electron chi connectivity index (χ2n) is 8.08. The average Bonchev–Trinajstić information content (AvgIpc) is 3.40. The van der Waals surface area contributed by atoms with E-state index >= 15 is 0 Å². The number of aryl methyl sites for hydroxylation is 2. The smallest absolute Gasteiger partial charge is 0.294 e. The van der Waals surface area contributed by atoms with Crippen LogP contribution in [0.15, 0.2) is 51.8 Å². The Hall–Kier alpha value is -4.09. The summed E-state index contributed by atoms with van der Waals surface area (Å²) in [7, 11) is 1.46. The molecule has 1 aliphatic rings. The molecular weight excluding hydrogens is 522 g/mol. The van der Waals surface area contributed by atoms with Crippen molar-refractivity contribution in [2.45, 2.75) is 13.8 Å². The van der Waals surface area contributed by atoms with Crippen LogP contribution in [0.5, 0.6) is 5.75 Å². The molecule has 0 bridgehead atoms. The Morgan fingerprint density at radius 3 is 2.59 bits per heavy atom. The second kappa shape index (κ2) is 10.5. The number of nitro groups is 1. The van der Waals surface area contributed by atoms with Crippen LogP contribution in [0.25, 0.3) is 17.4 Å². The number of imide groups is 1. The SMILES string of the molecule is COc1ccc(NC(=O)CN2C(=O)S/C(=C\c3ccc(-c4cc(C)c(C)cc4[N+](=O)[O-])o3)C2=O)cc1Cl. The standard InChI is InChI=1S/C25H20ClN3O7S/c1-13-8-17(19(29(33)34)9-14(13)2)20-7-5-16(36-20)11-22-24(31)28(25(32)37-22)12-23(30)27-15-4-6-21(35-3)18(26)10-15/h4-11H,12H2,1-3H3,(H,27,30)/b22-11-. The number of carbonyl (C=O) groups is 3. The summed E-state index contributed by atoms with van der Waals surface area (Å²) in [4.78, 5) is 49.6. The fraction of sp³-hybridized carbons (Fsp3) is 0.160. The van der Waals surface area contributed by atoms with Gasteiger partial charge >= 0.3 is 0 Å². The minimum absolute atomic E-state index is 0.0563. The van der Waals surface area contributed by atoms with Crippen molar-refractivity contribution in [1.29, 1.82) is 0 Å². The number of halogens is 1. The molecule has 3 aromatic rings. The summed E-state index contributed by atoms with van der Waals surface area (Å²) < 4.78 is 10.8. The zero-order chi connectivity index (χ0) is 26.9. The van der Waals surface area contributed by atoms with Crippen LogP contribution in [0.1, 0.15) is 16.9 Å². The average molecular weight is 542 g/mol. The van der Waals surface area contributed by atoms with Crippen molar-refractivity contribution >= 4 is 57.9 Å². The molecule has 3 amide bonds. The Morgan fingerprint density at radius 1 is 1.19 bits per heavy atom. The van der Waals surface area contributed by atoms with E-state index in [4.69, 9.17) is 20.8 Å². The zero-order valence-corrected chi connectivity index (χ0v) is 21.4. The first kappa shape index (κ1) is 26.0. The van der Waals surface area contributed by atoms with Crippen LogP contribution in [0.3, 0.4) is 0 Å². The van der Waals surface area contributed by atoms with Crippen molar-refractivity contribution in [3.05, 3.63) is 79.4 Å². The molecule has 0 radical (unpaired) electrons. The third kappa shape index (κ3) is 5.52. The fourth-order valence-electron chi connectivity index (χ4n) is 3.58. The lowest BCUT2D eigenvalue weighted by Gasteiger charge is -2.13. The molecule has 1 saturated heterocycles. The number of carbonyl (C=O) groups excluding carboxylic acids is 3. The molecule has 12 heteroatoms. The number of anilines is 1. The number of rotatable bonds is 7. The molecule has 0 atom stereocenters. The van der Waals surface area contributed by atoms with Crippen LogP contribution >= 0.6 is 23.4 Å². The maximum atomic E-state index is 12.8. The molecule has 1 aromatic heterocycles. The predicted octanol–water partition coefficient (Wildman–Crippen LogP) is 5.81. The largest absolute Gasteiger partial charge is 0.495 e. The number of ether oxygens (including phenoxy) is 1. The summed E-state index contributed by atoms with van der Waals surface area (Å²) in [6, 6.07) is 10.9. The number of nitrogens with one attached hydrogen (secondary N) is 1. The van der Waals surface area contributed by atoms with E-state index in [0.717, 1.165) is 16.0 Å². The molecule has 4 rings (SSSR count). The summed E-state index contributed by atoms with van der Waals surface area (Å²) in [5.41, 5.74) is 2.20. The summed E-state index contributed by atoms with van der Waals surface area (Å²) in [6.07, 6.45) is 1.36. The van der Waals surface area contributed by atoms with Gasteiger partial charge in [0.2, 0.25) is 5.91 Å². The topological polar surface area (TPSA) is 132 Å². The number of methoxy groups -OCH3 is 1. The van der Waals surface area contributed by atoms with Crippen molar-refractivity contribution in [2.24, 2.45) is 0 Å². The van der Waals surface area contributed by atoms with E-state index in [1.165, 1.54) is 25.3 Å². The van der Waals surface area contributed by atoms with E-state index in [9.17, 15) is 24.5 Å². The van der Waals surface area contributed by atoms with Gasteiger partial charge in [-0.3, -0.25) is 29.4 Å². The third-order valence-corrected chi connectivity index (χ3v) is 6.79. The van der Waals surface area contributed by atoms with Gasteiger partial charge in [-0.1, -0.05) is 11.6 Å². The minimum atomic E-state index is -0.659. The highest BCUT2D eigenvalue weighted by Crippen LogP contribution is 2.36. The lowest BCUT2D eigenvalue weighted by atomic mass is 10.0. The summed E-state index contributed by atoms with van der Waals surface area (Å²) >= 11 is 6.72. The Bertz CT molecular complexity index is 1480. The molecule has 37 heavy (non-hydrogen) atoms. The predicted molar refractivity (Wildman–Crippen MR) is 140 cm³/mol. The van der Waals surface area contributed by atoms with E-state index in [2.05, 4.69) is 5.32 Å². The van der Waals surface area contributed by atoms with Gasteiger partial charge in [-0.2, -0.15) is 0 Å². The van der Waals surface area contributed by atoms with E-state index < -0.39 is 28.5 Å². The van der Waals surface area contributed by atoms with Crippen LogP contribution in [0.4, 0.5) is 16.2 Å². The summed E-state index contributed by atoms with van der Waals surface area (Å²) in [6.45, 7) is 3.12. The van der Waals surface area contributed by atoms with Crippen LogP contribution < -0.4 is 10.1 Å². The van der Waals surface area contributed by atoms with Crippen LogP contribution in [0.2, 0.25) is 5.02 Å². The van der Waals surface area contributed by atoms with Crippen molar-refractivity contribution in [2.75, 3.05) is 19.0 Å². The van der Waals surface area contributed by atoms with Gasteiger partial charge in [0.15, 0.2) is 0 Å². The molecule has 2 heterocycles. The van der Waals surface area contributed by atoms with Gasteiger partial charge in [-0.15, -0.1) is 0 Å². The quantitative estimate of drug-likeness (QED) is 0.225. The van der Waals surface area contributed by atoms with E-state index in [1.807, 2.05) is 6.92 Å². The summed E-state index contributed by atoms with van der Waals surface area (Å²) in [5, 5.41) is 13.8. The molecule has 0 spiro atoms. The van der Waals surface area contributed by atoms with Crippen LogP contribution in [-0.4, -0.2) is 40.5 Å². The summed E-state index contributed by atoms with van der Waals surface area (Å²) in [5.74, 6) is -0.341. The highest BCUT2D eigenvalue weighted by molar-refractivity contribution is 8.18. The molecular formula is C25H20ClN3O7S. The Labute approximate surface area is 220 Å².